The smallest absolute Gasteiger partial charge is 0.550 e. The molecule has 0 aromatic carbocycles. The topological polar surface area (TPSA) is 272 Å². The van der Waals surface area contributed by atoms with Gasteiger partial charge in [0.05, 0.1) is 0 Å². The zero-order valence-corrected chi connectivity index (χ0v) is 23.5. The molecule has 0 fully saturated rings. The van der Waals surface area contributed by atoms with E-state index in [0.29, 0.717) is 0 Å². The fraction of sp³-hybridized carbons (Fsp3) is 0.500. The molecule has 0 aliphatic carbocycles. The van der Waals surface area contributed by atoms with Gasteiger partial charge in [0.2, 0.25) is 0 Å². The van der Waals surface area contributed by atoms with Gasteiger partial charge in [0.15, 0.2) is 0 Å². The van der Waals surface area contributed by atoms with Gasteiger partial charge in [-0.3, -0.25) is 14.4 Å². The van der Waals surface area contributed by atoms with E-state index in [1.165, 1.54) is 0 Å². The molecule has 0 aliphatic heterocycles. The fourth-order valence-electron chi connectivity index (χ4n) is 0. The molecule has 16 heteroatoms. The molecule has 0 aliphatic rings. The fourth-order valence-corrected chi connectivity index (χ4v) is 0. The summed E-state index contributed by atoms with van der Waals surface area (Å²) in [5.41, 5.74) is 0. The van der Waals surface area contributed by atoms with Crippen LogP contribution in [-0.4, -0.2) is 57.1 Å². The summed E-state index contributed by atoms with van der Waals surface area (Å²) in [5, 5.41) is 57.8. The summed E-state index contributed by atoms with van der Waals surface area (Å²) in [4.78, 5) is 62.6. The van der Waals surface area contributed by atoms with Crippen LogP contribution in [0.2, 0.25) is 0 Å². The van der Waals surface area contributed by atoms with E-state index in [9.17, 15) is 0 Å². The Labute approximate surface area is 217 Å². The Balaban J connectivity index is -0.0000000242. The third-order valence-corrected chi connectivity index (χ3v) is 0. The van der Waals surface area contributed by atoms with Crippen LogP contribution in [0.1, 0.15) is 48.5 Å². The number of carboxylic acids is 7. The summed E-state index contributed by atoms with van der Waals surface area (Å²) < 4.78 is 0. The summed E-state index contributed by atoms with van der Waals surface area (Å²) >= 11 is 0. The second kappa shape index (κ2) is 50.7. The number of rotatable bonds is 0. The molecule has 0 amide bonds. The molecule has 173 valence electrons. The predicted octanol–water partition coefficient (Wildman–Crippen LogP) is -7.70. The zero-order valence-electron chi connectivity index (χ0n) is 17.8. The molecule has 0 heterocycles. The number of hydrogen-bond donors (Lipinski definition) is 3. The minimum absolute atomic E-state index is 0. The maximum atomic E-state index is 9.00. The molecule has 0 atom stereocenters. The van der Waals surface area contributed by atoms with E-state index < -0.39 is 41.8 Å². The molecule has 0 aromatic rings. The van der Waals surface area contributed by atoms with Gasteiger partial charge in [0.1, 0.15) is 0 Å². The van der Waals surface area contributed by atoms with E-state index in [1.807, 2.05) is 0 Å². The Morgan fingerprint density at radius 2 is 0.433 bits per heavy atom. The summed E-state index contributed by atoms with van der Waals surface area (Å²) in [6.45, 7) is 7.14. The van der Waals surface area contributed by atoms with Gasteiger partial charge in [0, 0.05) is 74.6 Å². The van der Waals surface area contributed by atoms with Crippen LogP contribution >= 0.6 is 0 Å². The standard InChI is InChI=1S/7C2H4O2.Na.Np/c7*1-2(3)4;;/h7*1H3,(H,3,4);;/q;;;;;;;+1;/p-4. The van der Waals surface area contributed by atoms with Crippen LogP contribution in [0.4, 0.5) is 0 Å². The van der Waals surface area contributed by atoms with Crippen molar-refractivity contribution >= 4 is 41.8 Å². The normalized spacial score (nSPS) is 5.83. The van der Waals surface area contributed by atoms with Gasteiger partial charge in [0.25, 0.3) is 17.9 Å². The van der Waals surface area contributed by atoms with Crippen LogP contribution in [0.25, 0.3) is 0 Å². The quantitative estimate of drug-likeness (QED) is 0.201. The molecule has 0 unspecified atom stereocenters. The maximum absolute atomic E-state index is 9.00. The van der Waals surface area contributed by atoms with E-state index in [-0.39, 0.29) is 59.5 Å². The average Bonchev–Trinajstić information content (AvgIpc) is 2.20. The van der Waals surface area contributed by atoms with Crippen molar-refractivity contribution in [2.75, 3.05) is 0 Å². The predicted molar refractivity (Wildman–Crippen MR) is 82.7 cm³/mol. The molecule has 0 spiro atoms. The van der Waals surface area contributed by atoms with Crippen LogP contribution in [0.3, 0.4) is 0 Å². The Hall–Kier alpha value is -1.70. The van der Waals surface area contributed by atoms with Crippen molar-refractivity contribution in [2.45, 2.75) is 48.5 Å². The van der Waals surface area contributed by atoms with Crippen molar-refractivity contribution in [1.82, 2.24) is 0 Å². The number of carboxylic acid groups (broad SMARTS) is 7. The van der Waals surface area contributed by atoms with E-state index in [0.717, 1.165) is 48.5 Å². The second-order valence-electron chi connectivity index (χ2n) is 3.52. The van der Waals surface area contributed by atoms with Crippen molar-refractivity contribution in [3.63, 3.8) is 0 Å². The molecule has 0 bridgehead atoms. The first-order valence-corrected chi connectivity index (χ1v) is 6.42. The van der Waals surface area contributed by atoms with E-state index in [1.54, 1.807) is 0 Å². The Bertz CT molecular complexity index is 320. The monoisotopic (exact) mass is 675 g/mol. The molecule has 3 N–H and O–H groups in total. The molecular weight excluding hydrogens is 652 g/mol. The van der Waals surface area contributed by atoms with Gasteiger partial charge in [-0.15, -0.1) is 0 Å². The Morgan fingerprint density at radius 3 is 0.433 bits per heavy atom. The van der Waals surface area contributed by atoms with Gasteiger partial charge in [-0.25, -0.2) is 0 Å². The van der Waals surface area contributed by atoms with Crippen LogP contribution in [-0.2, 0) is 33.6 Å². The molecule has 1 radical (unpaired) electrons. The third-order valence-electron chi connectivity index (χ3n) is 0. The summed E-state index contributed by atoms with van der Waals surface area (Å²) in [5.74, 6) is -6.83. The van der Waals surface area contributed by atoms with Crippen molar-refractivity contribution in [3.05, 3.63) is 0 Å². The number of carbonyl (C=O) groups is 7. The number of carbonyl (C=O) groups excluding carboxylic acids is 4. The molecular formula is C14H24NaNpO14-3. The van der Waals surface area contributed by atoms with Crippen molar-refractivity contribution in [1.29, 1.82) is 0 Å². The van der Waals surface area contributed by atoms with Gasteiger partial charge < -0.3 is 54.9 Å². The Morgan fingerprint density at radius 1 is 0.433 bits per heavy atom. The minimum atomic E-state index is -1.08. The summed E-state index contributed by atoms with van der Waals surface area (Å²) in [6, 6.07) is 0. The average molecular weight is 676 g/mol. The number of aliphatic carboxylic acids is 7. The largest absolute Gasteiger partial charge is 1.00 e. The van der Waals surface area contributed by atoms with Crippen LogP contribution in [0, 0.1) is 29.9 Å². The zero-order chi connectivity index (χ0) is 25.0. The van der Waals surface area contributed by atoms with Crippen molar-refractivity contribution in [2.24, 2.45) is 0 Å². The molecule has 0 aromatic heterocycles. The van der Waals surface area contributed by atoms with Crippen molar-refractivity contribution < 1.29 is 129 Å². The van der Waals surface area contributed by atoms with Crippen LogP contribution in [0.5, 0.6) is 0 Å². The Kier molecular flexibility index (Phi) is 95.7. The first kappa shape index (κ1) is 56.6. The van der Waals surface area contributed by atoms with E-state index >= 15 is 0 Å². The summed E-state index contributed by atoms with van der Waals surface area (Å²) in [7, 11) is 0. The SMILES string of the molecule is CC(=O)O.CC(=O)O.CC(=O)O.CC(=O)[O-].CC(=O)[O-].CC(=O)[O-].CC(=O)[O-].[Na+].[Np]. The molecule has 0 rings (SSSR count). The molecule has 0 saturated heterocycles. The van der Waals surface area contributed by atoms with Gasteiger partial charge in [-0.1, -0.05) is 0 Å². The first-order valence-electron chi connectivity index (χ1n) is 6.42. The van der Waals surface area contributed by atoms with E-state index in [4.69, 9.17) is 69.3 Å². The third kappa shape index (κ3) is 5850. The van der Waals surface area contributed by atoms with Crippen LogP contribution < -0.4 is 50.0 Å². The second-order valence-corrected chi connectivity index (χ2v) is 3.52. The van der Waals surface area contributed by atoms with Gasteiger partial charge >= 0.3 is 29.6 Å². The molecule has 0 saturated carbocycles. The summed E-state index contributed by atoms with van der Waals surface area (Å²) in [6.07, 6.45) is 0. The van der Waals surface area contributed by atoms with Crippen LogP contribution in [0.15, 0.2) is 0 Å². The van der Waals surface area contributed by atoms with Crippen molar-refractivity contribution in [3.8, 4) is 0 Å². The number of hydrogen-bond acceptors (Lipinski definition) is 11. The van der Waals surface area contributed by atoms with Gasteiger partial charge in [-0.2, -0.15) is 0 Å². The van der Waals surface area contributed by atoms with Gasteiger partial charge in [-0.05, 0) is 27.7 Å². The first-order chi connectivity index (χ1) is 12.1. The maximum Gasteiger partial charge on any atom is 1.00 e. The molecule has 30 heavy (non-hydrogen) atoms. The minimum Gasteiger partial charge on any atom is -0.550 e. The van der Waals surface area contributed by atoms with E-state index in [2.05, 4.69) is 0 Å². The molecule has 14 nitrogen and oxygen atoms in total.